The van der Waals surface area contributed by atoms with Crippen LogP contribution in [0.1, 0.15) is 19.3 Å². The molecule has 3 heteroatoms. The average Bonchev–Trinajstić information content (AvgIpc) is 1.55. The summed E-state index contributed by atoms with van der Waals surface area (Å²) in [6.07, 6.45) is 3.68. The Kier molecular flexibility index (Phi) is 1.89. The minimum absolute atomic E-state index is 0.611. The van der Waals surface area contributed by atoms with Gasteiger partial charge in [-0.25, -0.2) is 0 Å². The molecule has 0 radical (unpaired) electrons. The standard InChI is InChI=1S/C5H10NOS/c6-8(7)4-5-2-1-3-5/h5-6H,1-4H2/q-1. The van der Waals surface area contributed by atoms with E-state index >= 15 is 0 Å². The van der Waals surface area contributed by atoms with E-state index in [0.29, 0.717) is 11.7 Å². The van der Waals surface area contributed by atoms with Gasteiger partial charge in [0, 0.05) is 0 Å². The van der Waals surface area contributed by atoms with Gasteiger partial charge in [0.2, 0.25) is 0 Å². The molecular formula is C5H10NOS-. The summed E-state index contributed by atoms with van der Waals surface area (Å²) in [6, 6.07) is 0. The predicted octanol–water partition coefficient (Wildman–Crippen LogP) is 1.51. The molecule has 0 bridgehead atoms. The lowest BCUT2D eigenvalue weighted by Gasteiger charge is -2.26. The summed E-state index contributed by atoms with van der Waals surface area (Å²) in [7, 11) is -1.29. The largest absolute Gasteiger partial charge is 0.445 e. The molecule has 48 valence electrons. The maximum absolute atomic E-state index is 10.2. The van der Waals surface area contributed by atoms with Crippen molar-refractivity contribution >= 4 is 10.6 Å². The molecule has 1 saturated carbocycles. The highest BCUT2D eigenvalue weighted by molar-refractivity contribution is 7.73. The molecule has 0 amide bonds. The van der Waals surface area contributed by atoms with Crippen LogP contribution in [0.4, 0.5) is 0 Å². The van der Waals surface area contributed by atoms with Gasteiger partial charge in [-0.15, -0.1) is 0 Å². The Morgan fingerprint density at radius 2 is 2.25 bits per heavy atom. The summed E-state index contributed by atoms with van der Waals surface area (Å²) >= 11 is 0. The molecule has 0 atom stereocenters. The van der Waals surface area contributed by atoms with E-state index in [1.54, 1.807) is 0 Å². The van der Waals surface area contributed by atoms with Crippen LogP contribution in [0.3, 0.4) is 0 Å². The van der Waals surface area contributed by atoms with Gasteiger partial charge in [-0.2, -0.15) is 10.6 Å². The van der Waals surface area contributed by atoms with Crippen molar-refractivity contribution in [2.75, 3.05) is 5.75 Å². The Morgan fingerprint density at radius 1 is 1.62 bits per heavy atom. The Labute approximate surface area is 51.3 Å². The first-order chi connectivity index (χ1) is 3.79. The molecule has 0 aromatic carbocycles. The first-order valence-corrected chi connectivity index (χ1v) is 4.20. The normalized spacial score (nSPS) is 21.1. The topological polar surface area (TPSA) is 40.9 Å². The molecule has 0 saturated heterocycles. The predicted molar refractivity (Wildman–Crippen MR) is 33.0 cm³/mol. The maximum Gasteiger partial charge on any atom is -0.0520 e. The van der Waals surface area contributed by atoms with Gasteiger partial charge in [0.1, 0.15) is 0 Å². The first kappa shape index (κ1) is 6.08. The van der Waals surface area contributed by atoms with Gasteiger partial charge in [0.15, 0.2) is 0 Å². The minimum Gasteiger partial charge on any atom is -0.445 e. The smallest absolute Gasteiger partial charge is 0.0520 e. The maximum atomic E-state index is 10.2. The number of hydrogen-bond acceptors (Lipinski definition) is 3. The Balaban J connectivity index is 2.19. The fourth-order valence-electron chi connectivity index (χ4n) is 0.874. The van der Waals surface area contributed by atoms with E-state index in [1.807, 2.05) is 0 Å². The summed E-state index contributed by atoms with van der Waals surface area (Å²) < 4.78 is 16.9. The van der Waals surface area contributed by atoms with E-state index in [9.17, 15) is 4.21 Å². The van der Waals surface area contributed by atoms with E-state index in [4.69, 9.17) is 4.78 Å². The zero-order valence-corrected chi connectivity index (χ0v) is 5.54. The summed E-state index contributed by atoms with van der Waals surface area (Å²) in [4.78, 5) is 0. The highest BCUT2D eigenvalue weighted by Crippen LogP contribution is 2.25. The fraction of sp³-hybridized carbons (Fsp3) is 1.00. The van der Waals surface area contributed by atoms with Crippen molar-refractivity contribution in [2.45, 2.75) is 19.3 Å². The van der Waals surface area contributed by atoms with Gasteiger partial charge in [0.05, 0.1) is 0 Å². The molecule has 2 nitrogen and oxygen atoms in total. The molecule has 0 aliphatic heterocycles. The molecule has 0 spiro atoms. The second-order valence-electron chi connectivity index (χ2n) is 2.31. The molecule has 0 aromatic heterocycles. The van der Waals surface area contributed by atoms with E-state index in [0.717, 1.165) is 0 Å². The first-order valence-electron chi connectivity index (χ1n) is 2.88. The number of nitrogens with one attached hydrogen (secondary N) is 1. The zero-order valence-electron chi connectivity index (χ0n) is 4.72. The van der Waals surface area contributed by atoms with Crippen LogP contribution in [-0.2, 0) is 14.8 Å². The third-order valence-electron chi connectivity index (χ3n) is 1.61. The van der Waals surface area contributed by atoms with E-state index in [-0.39, 0.29) is 0 Å². The molecule has 1 aliphatic carbocycles. The highest BCUT2D eigenvalue weighted by atomic mass is 32.2. The van der Waals surface area contributed by atoms with E-state index < -0.39 is 10.6 Å². The van der Waals surface area contributed by atoms with Gasteiger partial charge in [-0.3, -0.25) is 0 Å². The van der Waals surface area contributed by atoms with Gasteiger partial charge in [-0.05, 0) is 0 Å². The Morgan fingerprint density at radius 3 is 2.38 bits per heavy atom. The van der Waals surface area contributed by atoms with Crippen molar-refractivity contribution in [3.05, 3.63) is 0 Å². The van der Waals surface area contributed by atoms with E-state index in [2.05, 4.69) is 0 Å². The number of hydrogen-bond donors (Lipinski definition) is 1. The summed E-state index contributed by atoms with van der Waals surface area (Å²) in [5.41, 5.74) is 0. The van der Waals surface area contributed by atoms with Crippen molar-refractivity contribution in [1.29, 1.82) is 4.78 Å². The van der Waals surface area contributed by atoms with Crippen LogP contribution in [0.5, 0.6) is 0 Å². The van der Waals surface area contributed by atoms with Crippen LogP contribution >= 0.6 is 0 Å². The van der Waals surface area contributed by atoms with Gasteiger partial charge >= 0.3 is 0 Å². The summed E-state index contributed by atoms with van der Waals surface area (Å²) in [6.45, 7) is 0. The second-order valence-corrected chi connectivity index (χ2v) is 3.33. The molecule has 1 fully saturated rings. The van der Waals surface area contributed by atoms with Crippen molar-refractivity contribution in [3.63, 3.8) is 0 Å². The monoisotopic (exact) mass is 132 g/mol. The van der Waals surface area contributed by atoms with Crippen LogP contribution in [0.2, 0.25) is 0 Å². The quantitative estimate of drug-likeness (QED) is 0.568. The lowest BCUT2D eigenvalue weighted by atomic mass is 9.87. The van der Waals surface area contributed by atoms with Crippen molar-refractivity contribution in [2.24, 2.45) is 5.92 Å². The van der Waals surface area contributed by atoms with Crippen molar-refractivity contribution in [3.8, 4) is 0 Å². The highest BCUT2D eigenvalue weighted by Gasteiger charge is 2.13. The van der Waals surface area contributed by atoms with Crippen LogP contribution in [0.25, 0.3) is 0 Å². The Bertz CT molecular complexity index is 129. The average molecular weight is 132 g/mol. The third-order valence-corrected chi connectivity index (χ3v) is 2.39. The molecule has 1 N–H and O–H groups in total. The molecule has 0 unspecified atom stereocenters. The number of rotatable bonds is 2. The molecule has 1 rings (SSSR count). The third kappa shape index (κ3) is 1.47. The summed E-state index contributed by atoms with van der Waals surface area (Å²) in [5, 5.41) is 0. The minimum atomic E-state index is -1.29. The lowest BCUT2D eigenvalue weighted by molar-refractivity contribution is 0.350. The molecule has 1 aliphatic rings. The summed E-state index contributed by atoms with van der Waals surface area (Å²) in [5.74, 6) is 1.23. The van der Waals surface area contributed by atoms with Crippen LogP contribution in [0, 0.1) is 10.7 Å². The van der Waals surface area contributed by atoms with Crippen LogP contribution in [0.15, 0.2) is 0 Å². The molecule has 0 heterocycles. The van der Waals surface area contributed by atoms with Gasteiger partial charge < -0.3 is 8.99 Å². The zero-order chi connectivity index (χ0) is 5.98. The van der Waals surface area contributed by atoms with Gasteiger partial charge in [0.25, 0.3) is 0 Å². The van der Waals surface area contributed by atoms with Crippen molar-refractivity contribution in [1.82, 2.24) is 0 Å². The second kappa shape index (κ2) is 2.49. The van der Waals surface area contributed by atoms with Gasteiger partial charge in [-0.1, -0.05) is 30.9 Å². The lowest BCUT2D eigenvalue weighted by Crippen LogP contribution is -2.15. The van der Waals surface area contributed by atoms with Crippen LogP contribution < -0.4 is 0 Å². The van der Waals surface area contributed by atoms with Crippen LogP contribution in [-0.4, -0.2) is 5.75 Å². The SMILES string of the molecule is N=[S-](=O)CC1CCC1. The van der Waals surface area contributed by atoms with Crippen molar-refractivity contribution < 1.29 is 4.21 Å². The molecular weight excluding hydrogens is 122 g/mol. The molecule has 8 heavy (non-hydrogen) atoms. The fourth-order valence-corrected chi connectivity index (χ4v) is 1.64. The Hall–Kier alpha value is -0.0500. The molecule has 0 aromatic rings. The van der Waals surface area contributed by atoms with E-state index in [1.165, 1.54) is 19.3 Å².